The highest BCUT2D eigenvalue weighted by molar-refractivity contribution is 6.05. The summed E-state index contributed by atoms with van der Waals surface area (Å²) in [5.74, 6) is 0.124. The third-order valence-electron chi connectivity index (χ3n) is 4.74. The number of ketones is 1. The molecule has 3 aromatic carbocycles. The first kappa shape index (κ1) is 18.4. The van der Waals surface area contributed by atoms with Crippen molar-refractivity contribution >= 4 is 28.4 Å². The lowest BCUT2D eigenvalue weighted by molar-refractivity contribution is 0.101. The molecule has 0 saturated heterocycles. The average molecular weight is 385 g/mol. The molecule has 0 radical (unpaired) electrons. The molecule has 0 bridgehead atoms. The normalized spacial score (nSPS) is 10.8. The van der Waals surface area contributed by atoms with E-state index in [1.807, 2.05) is 25.1 Å². The number of carbonyl (C=O) groups excluding carboxylic acids is 2. The Labute approximate surface area is 167 Å². The number of nitrogens with zero attached hydrogens (tertiary/aromatic N) is 2. The van der Waals surface area contributed by atoms with Crippen LogP contribution in [-0.2, 0) is 0 Å². The van der Waals surface area contributed by atoms with Gasteiger partial charge < -0.3 is 10.5 Å². The number of anilines is 1. The Morgan fingerprint density at radius 1 is 0.931 bits per heavy atom. The summed E-state index contributed by atoms with van der Waals surface area (Å²) >= 11 is 0. The van der Waals surface area contributed by atoms with Gasteiger partial charge in [-0.05, 0) is 67.9 Å². The van der Waals surface area contributed by atoms with E-state index in [0.29, 0.717) is 33.7 Å². The number of hydrogen-bond acceptors (Lipinski definition) is 4. The van der Waals surface area contributed by atoms with E-state index in [9.17, 15) is 14.8 Å². The van der Waals surface area contributed by atoms with Crippen molar-refractivity contribution in [3.05, 3.63) is 83.4 Å². The van der Waals surface area contributed by atoms with Gasteiger partial charge in [0.05, 0.1) is 5.52 Å². The van der Waals surface area contributed by atoms with Crippen LogP contribution < -0.4 is 5.32 Å². The van der Waals surface area contributed by atoms with Crippen LogP contribution in [0.1, 0.15) is 33.2 Å². The molecule has 29 heavy (non-hydrogen) atoms. The van der Waals surface area contributed by atoms with Crippen molar-refractivity contribution in [1.29, 1.82) is 0 Å². The second-order valence-corrected chi connectivity index (χ2v) is 6.90. The Morgan fingerprint density at radius 3 is 2.24 bits per heavy atom. The highest BCUT2D eigenvalue weighted by Gasteiger charge is 2.13. The number of hydrogen-bond donors (Lipinski definition) is 2. The van der Waals surface area contributed by atoms with Crippen LogP contribution in [0.5, 0.6) is 0 Å². The molecule has 1 heterocycles. The smallest absolute Gasteiger partial charge is 0.255 e. The molecule has 0 aliphatic heterocycles. The maximum Gasteiger partial charge on any atom is 0.255 e. The maximum atomic E-state index is 12.4. The van der Waals surface area contributed by atoms with Crippen molar-refractivity contribution in [3.8, 4) is 11.4 Å². The lowest BCUT2D eigenvalue weighted by atomic mass is 10.1. The summed E-state index contributed by atoms with van der Waals surface area (Å²) in [6.45, 7) is 3.44. The number of rotatable bonds is 4. The van der Waals surface area contributed by atoms with Crippen LogP contribution in [0.4, 0.5) is 5.69 Å². The lowest BCUT2D eigenvalue weighted by Crippen LogP contribution is -2.12. The number of imidazole rings is 1. The Bertz CT molecular complexity index is 1220. The fourth-order valence-corrected chi connectivity index (χ4v) is 3.12. The van der Waals surface area contributed by atoms with Gasteiger partial charge in [0.2, 0.25) is 0 Å². The zero-order valence-electron chi connectivity index (χ0n) is 16.0. The second-order valence-electron chi connectivity index (χ2n) is 6.90. The van der Waals surface area contributed by atoms with Crippen LogP contribution in [0.15, 0.2) is 66.7 Å². The molecule has 4 rings (SSSR count). The van der Waals surface area contributed by atoms with E-state index in [4.69, 9.17) is 0 Å². The van der Waals surface area contributed by atoms with Gasteiger partial charge in [-0.15, -0.1) is 0 Å². The van der Waals surface area contributed by atoms with Crippen LogP contribution >= 0.6 is 0 Å². The second kappa shape index (κ2) is 7.24. The van der Waals surface area contributed by atoms with E-state index in [-0.39, 0.29) is 11.7 Å². The monoisotopic (exact) mass is 385 g/mol. The topological polar surface area (TPSA) is 84.2 Å². The molecular weight excluding hydrogens is 366 g/mol. The predicted octanol–water partition coefficient (Wildman–Crippen LogP) is 4.70. The molecule has 1 aromatic heterocycles. The number of amides is 1. The van der Waals surface area contributed by atoms with E-state index in [1.165, 1.54) is 6.92 Å². The van der Waals surface area contributed by atoms with Crippen molar-refractivity contribution in [3.63, 3.8) is 0 Å². The summed E-state index contributed by atoms with van der Waals surface area (Å²) < 4.78 is 1.08. The van der Waals surface area contributed by atoms with E-state index in [2.05, 4.69) is 10.3 Å². The molecule has 4 aromatic rings. The summed E-state index contributed by atoms with van der Waals surface area (Å²) in [5, 5.41) is 13.3. The number of benzene rings is 3. The van der Waals surface area contributed by atoms with E-state index >= 15 is 0 Å². The third-order valence-corrected chi connectivity index (χ3v) is 4.74. The molecule has 0 aliphatic carbocycles. The molecule has 1 amide bonds. The van der Waals surface area contributed by atoms with Gasteiger partial charge in [-0.2, -0.15) is 4.73 Å². The molecule has 2 N–H and O–H groups in total. The molecule has 6 heteroatoms. The number of nitrogens with one attached hydrogen (secondary N) is 1. The van der Waals surface area contributed by atoms with Gasteiger partial charge in [-0.3, -0.25) is 9.59 Å². The standard InChI is InChI=1S/C23H19N3O3/c1-14-3-12-20-21(13-14)26(29)22(25-20)17-8-10-19(11-9-17)24-23(28)18-6-4-16(5-7-18)15(2)27/h3-13,29H,1-2H3,(H,24,28). The number of carbonyl (C=O) groups is 2. The van der Waals surface area contributed by atoms with Crippen LogP contribution in [0.2, 0.25) is 0 Å². The number of Topliss-reactive ketones (excluding diaryl/α,β-unsaturated/α-hetero) is 1. The Morgan fingerprint density at radius 2 is 1.59 bits per heavy atom. The van der Waals surface area contributed by atoms with E-state index < -0.39 is 0 Å². The molecule has 0 aliphatic rings. The number of fused-ring (bicyclic) bond motifs is 1. The fourth-order valence-electron chi connectivity index (χ4n) is 3.12. The minimum atomic E-state index is -0.266. The van der Waals surface area contributed by atoms with Crippen LogP contribution in [0, 0.1) is 6.92 Å². The van der Waals surface area contributed by atoms with Crippen molar-refractivity contribution in [2.75, 3.05) is 5.32 Å². The SMILES string of the molecule is CC(=O)c1ccc(C(=O)Nc2ccc(-c3nc4ccc(C)cc4n3O)cc2)cc1. The molecular formula is C23H19N3O3. The van der Waals surface area contributed by atoms with Gasteiger partial charge in [-0.1, -0.05) is 18.2 Å². The molecule has 0 saturated carbocycles. The van der Waals surface area contributed by atoms with Gasteiger partial charge in [0.15, 0.2) is 11.6 Å². The molecule has 0 unspecified atom stereocenters. The summed E-state index contributed by atoms with van der Waals surface area (Å²) in [4.78, 5) is 28.2. The highest BCUT2D eigenvalue weighted by atomic mass is 16.5. The Hall–Kier alpha value is -3.93. The lowest BCUT2D eigenvalue weighted by Gasteiger charge is -2.07. The first-order valence-corrected chi connectivity index (χ1v) is 9.13. The summed E-state index contributed by atoms with van der Waals surface area (Å²) in [6.07, 6.45) is 0. The van der Waals surface area contributed by atoms with Crippen LogP contribution in [-0.4, -0.2) is 26.6 Å². The number of aryl methyl sites for hydroxylation is 1. The third kappa shape index (κ3) is 3.60. The van der Waals surface area contributed by atoms with Crippen LogP contribution in [0.25, 0.3) is 22.4 Å². The molecule has 0 spiro atoms. The van der Waals surface area contributed by atoms with Gasteiger partial charge in [0.25, 0.3) is 5.91 Å². The molecule has 6 nitrogen and oxygen atoms in total. The zero-order chi connectivity index (χ0) is 20.5. The minimum Gasteiger partial charge on any atom is -0.426 e. The van der Waals surface area contributed by atoms with Gasteiger partial charge in [-0.25, -0.2) is 4.98 Å². The largest absolute Gasteiger partial charge is 0.426 e. The molecule has 0 fully saturated rings. The van der Waals surface area contributed by atoms with E-state index in [1.54, 1.807) is 48.5 Å². The Balaban J connectivity index is 1.54. The summed E-state index contributed by atoms with van der Waals surface area (Å²) in [5.41, 5.74) is 4.76. The maximum absolute atomic E-state index is 12.4. The van der Waals surface area contributed by atoms with Gasteiger partial charge in [0, 0.05) is 22.4 Å². The first-order valence-electron chi connectivity index (χ1n) is 9.13. The van der Waals surface area contributed by atoms with E-state index in [0.717, 1.165) is 15.9 Å². The van der Waals surface area contributed by atoms with Gasteiger partial charge >= 0.3 is 0 Å². The number of aromatic nitrogens is 2. The predicted molar refractivity (Wildman–Crippen MR) is 111 cm³/mol. The Kier molecular flexibility index (Phi) is 4.60. The van der Waals surface area contributed by atoms with Crippen molar-refractivity contribution in [1.82, 2.24) is 9.71 Å². The molecule has 144 valence electrons. The van der Waals surface area contributed by atoms with Gasteiger partial charge in [0.1, 0.15) is 5.52 Å². The fraction of sp³-hybridized carbons (Fsp3) is 0.0870. The summed E-state index contributed by atoms with van der Waals surface area (Å²) in [7, 11) is 0. The van der Waals surface area contributed by atoms with Crippen LogP contribution in [0.3, 0.4) is 0 Å². The summed E-state index contributed by atoms with van der Waals surface area (Å²) in [6, 6.07) is 19.3. The highest BCUT2D eigenvalue weighted by Crippen LogP contribution is 2.25. The van der Waals surface area contributed by atoms with Crippen molar-refractivity contribution < 1.29 is 14.8 Å². The molecule has 0 atom stereocenters. The van der Waals surface area contributed by atoms with Crippen molar-refractivity contribution in [2.45, 2.75) is 13.8 Å². The quantitative estimate of drug-likeness (QED) is 0.394. The minimum absolute atomic E-state index is 0.0439. The van der Waals surface area contributed by atoms with Crippen molar-refractivity contribution in [2.24, 2.45) is 0 Å². The average Bonchev–Trinajstić information content (AvgIpc) is 3.04. The zero-order valence-corrected chi connectivity index (χ0v) is 16.0. The first-order chi connectivity index (χ1) is 13.9.